The van der Waals surface area contributed by atoms with Crippen LogP contribution in [0.3, 0.4) is 0 Å². The van der Waals surface area contributed by atoms with E-state index in [1.807, 2.05) is 0 Å². The number of benzene rings is 1. The number of halogens is 2. The summed E-state index contributed by atoms with van der Waals surface area (Å²) in [5, 5.41) is 0.0950. The van der Waals surface area contributed by atoms with Crippen LogP contribution in [0, 0.1) is 17.7 Å². The Kier molecular flexibility index (Phi) is 4.76. The lowest BCUT2D eigenvalue weighted by atomic mass is 10.1. The highest BCUT2D eigenvalue weighted by Gasteiger charge is 2.42. The first-order valence-corrected chi connectivity index (χ1v) is 7.01. The van der Waals surface area contributed by atoms with Crippen molar-refractivity contribution in [1.29, 1.82) is 0 Å². The van der Waals surface area contributed by atoms with Gasteiger partial charge in [0.2, 0.25) is 0 Å². The minimum absolute atomic E-state index is 0.0679. The van der Waals surface area contributed by atoms with Crippen molar-refractivity contribution in [3.8, 4) is 0 Å². The molecule has 1 saturated carbocycles. The maximum Gasteiger partial charge on any atom is 0.313 e. The Balaban J connectivity index is 1.84. The Morgan fingerprint density at radius 3 is 2.85 bits per heavy atom. The van der Waals surface area contributed by atoms with E-state index in [9.17, 15) is 14.0 Å². The van der Waals surface area contributed by atoms with Gasteiger partial charge in [-0.2, -0.15) is 0 Å². The summed E-state index contributed by atoms with van der Waals surface area (Å²) in [6.45, 7) is 1.99. The molecule has 2 rings (SSSR count). The van der Waals surface area contributed by atoms with Crippen LogP contribution in [0.5, 0.6) is 0 Å². The fourth-order valence-corrected chi connectivity index (χ4v) is 2.53. The number of ketones is 1. The van der Waals surface area contributed by atoms with Crippen molar-refractivity contribution in [2.75, 3.05) is 6.61 Å². The van der Waals surface area contributed by atoms with Crippen LogP contribution in [0.1, 0.15) is 25.3 Å². The molecule has 3 nitrogen and oxygen atoms in total. The van der Waals surface area contributed by atoms with Gasteiger partial charge in [0.15, 0.2) is 0 Å². The molecule has 1 aliphatic rings. The fraction of sp³-hybridized carbons (Fsp3) is 0.467. The van der Waals surface area contributed by atoms with Crippen LogP contribution in [-0.2, 0) is 20.7 Å². The summed E-state index contributed by atoms with van der Waals surface area (Å²) in [5.74, 6) is -0.836. The molecule has 0 amide bonds. The molecule has 0 bridgehead atoms. The third-order valence-corrected chi connectivity index (χ3v) is 3.73. The van der Waals surface area contributed by atoms with Gasteiger partial charge in [-0.25, -0.2) is 4.39 Å². The van der Waals surface area contributed by atoms with Crippen LogP contribution in [0.15, 0.2) is 18.2 Å². The molecule has 1 aromatic carbocycles. The molecule has 2 atom stereocenters. The smallest absolute Gasteiger partial charge is 0.313 e. The van der Waals surface area contributed by atoms with Gasteiger partial charge < -0.3 is 4.74 Å². The first-order valence-electron chi connectivity index (χ1n) is 6.63. The van der Waals surface area contributed by atoms with E-state index in [4.69, 9.17) is 16.3 Å². The number of hydrogen-bond acceptors (Lipinski definition) is 3. The van der Waals surface area contributed by atoms with Gasteiger partial charge in [0.1, 0.15) is 18.0 Å². The van der Waals surface area contributed by atoms with Gasteiger partial charge in [0.25, 0.3) is 0 Å². The molecular formula is C15H16ClFO3. The van der Waals surface area contributed by atoms with Crippen LogP contribution < -0.4 is 0 Å². The maximum absolute atomic E-state index is 13.0. The van der Waals surface area contributed by atoms with Crippen LogP contribution in [0.4, 0.5) is 4.39 Å². The molecule has 5 heteroatoms. The van der Waals surface area contributed by atoms with E-state index >= 15 is 0 Å². The van der Waals surface area contributed by atoms with Gasteiger partial charge in [-0.15, -0.1) is 0 Å². The number of hydrogen-bond donors (Lipinski definition) is 0. The molecule has 1 aromatic rings. The largest absolute Gasteiger partial charge is 0.466 e. The molecule has 0 heterocycles. The highest BCUT2D eigenvalue weighted by molar-refractivity contribution is 6.30. The SMILES string of the molecule is CCOC(=O)CC(=O)C1CC1Cc1ccc(F)c(Cl)c1. The van der Waals surface area contributed by atoms with Crippen LogP contribution in [0.2, 0.25) is 5.02 Å². The Labute approximate surface area is 122 Å². The van der Waals surface area contributed by atoms with Crippen LogP contribution in [-0.4, -0.2) is 18.4 Å². The summed E-state index contributed by atoms with van der Waals surface area (Å²) in [4.78, 5) is 23.1. The summed E-state index contributed by atoms with van der Waals surface area (Å²) < 4.78 is 17.8. The molecule has 0 spiro atoms. The predicted octanol–water partition coefficient (Wildman–Crippen LogP) is 3.18. The summed E-state index contributed by atoms with van der Waals surface area (Å²) >= 11 is 5.72. The third-order valence-electron chi connectivity index (χ3n) is 3.44. The zero-order valence-electron chi connectivity index (χ0n) is 11.2. The molecule has 1 fully saturated rings. The quantitative estimate of drug-likeness (QED) is 0.598. The van der Waals surface area contributed by atoms with E-state index < -0.39 is 11.8 Å². The Morgan fingerprint density at radius 2 is 2.20 bits per heavy atom. The first-order chi connectivity index (χ1) is 9.51. The number of esters is 1. The third kappa shape index (κ3) is 3.79. The predicted molar refractivity (Wildman–Crippen MR) is 73.0 cm³/mol. The molecule has 108 valence electrons. The number of carbonyl (C=O) groups is 2. The molecule has 0 radical (unpaired) electrons. The van der Waals surface area contributed by atoms with E-state index in [0.717, 1.165) is 12.0 Å². The van der Waals surface area contributed by atoms with Crippen molar-refractivity contribution >= 4 is 23.4 Å². The Morgan fingerprint density at radius 1 is 1.45 bits per heavy atom. The number of ether oxygens (including phenoxy) is 1. The minimum atomic E-state index is -0.465. The van der Waals surface area contributed by atoms with Gasteiger partial charge in [-0.05, 0) is 43.4 Å². The van der Waals surface area contributed by atoms with E-state index in [-0.39, 0.29) is 35.7 Å². The van der Waals surface area contributed by atoms with Gasteiger partial charge in [0.05, 0.1) is 11.6 Å². The van der Waals surface area contributed by atoms with Gasteiger partial charge in [-0.3, -0.25) is 9.59 Å². The summed E-state index contributed by atoms with van der Waals surface area (Å²) in [6.07, 6.45) is 1.30. The number of Topliss-reactive ketones (excluding diaryl/α,β-unsaturated/α-hetero) is 1. The van der Waals surface area contributed by atoms with Crippen molar-refractivity contribution in [3.05, 3.63) is 34.6 Å². The fourth-order valence-electron chi connectivity index (χ4n) is 2.32. The van der Waals surface area contributed by atoms with Gasteiger partial charge >= 0.3 is 5.97 Å². The van der Waals surface area contributed by atoms with E-state index in [0.29, 0.717) is 6.42 Å². The van der Waals surface area contributed by atoms with Crippen molar-refractivity contribution in [3.63, 3.8) is 0 Å². The Hall–Kier alpha value is -1.42. The summed E-state index contributed by atoms with van der Waals surface area (Å²) in [6, 6.07) is 4.59. The van der Waals surface area contributed by atoms with Crippen LogP contribution >= 0.6 is 11.6 Å². The normalized spacial score (nSPS) is 20.6. The zero-order valence-corrected chi connectivity index (χ0v) is 12.0. The lowest BCUT2D eigenvalue weighted by Gasteiger charge is -2.03. The van der Waals surface area contributed by atoms with Gasteiger partial charge in [0, 0.05) is 5.92 Å². The molecule has 1 aliphatic carbocycles. The molecule has 0 aliphatic heterocycles. The molecule has 0 N–H and O–H groups in total. The lowest BCUT2D eigenvalue weighted by Crippen LogP contribution is -2.13. The first kappa shape index (κ1) is 15.0. The highest BCUT2D eigenvalue weighted by Crippen LogP contribution is 2.42. The van der Waals surface area contributed by atoms with E-state index in [1.165, 1.54) is 6.07 Å². The Bertz CT molecular complexity index is 530. The second kappa shape index (κ2) is 6.35. The maximum atomic E-state index is 13.0. The topological polar surface area (TPSA) is 43.4 Å². The van der Waals surface area contributed by atoms with E-state index in [1.54, 1.807) is 19.1 Å². The standard InChI is InChI=1S/C15H16ClFO3/c1-2-20-15(19)8-14(18)11-7-10(11)5-9-3-4-13(17)12(16)6-9/h3-4,6,10-11H,2,5,7-8H2,1H3. The lowest BCUT2D eigenvalue weighted by molar-refractivity contribution is -0.145. The van der Waals surface area contributed by atoms with Crippen LogP contribution in [0.25, 0.3) is 0 Å². The highest BCUT2D eigenvalue weighted by atomic mass is 35.5. The molecule has 0 saturated heterocycles. The van der Waals surface area contributed by atoms with Crippen molar-refractivity contribution in [1.82, 2.24) is 0 Å². The average molecular weight is 299 g/mol. The molecular weight excluding hydrogens is 283 g/mol. The zero-order chi connectivity index (χ0) is 14.7. The monoisotopic (exact) mass is 298 g/mol. The molecule has 0 aromatic heterocycles. The van der Waals surface area contributed by atoms with Crippen molar-refractivity contribution < 1.29 is 18.7 Å². The molecule has 20 heavy (non-hydrogen) atoms. The van der Waals surface area contributed by atoms with Crippen molar-refractivity contribution in [2.24, 2.45) is 11.8 Å². The van der Waals surface area contributed by atoms with Crippen molar-refractivity contribution in [2.45, 2.75) is 26.2 Å². The summed E-state index contributed by atoms with van der Waals surface area (Å²) in [5.41, 5.74) is 0.910. The second-order valence-corrected chi connectivity index (χ2v) is 5.41. The average Bonchev–Trinajstić information content (AvgIpc) is 3.13. The second-order valence-electron chi connectivity index (χ2n) is 5.00. The van der Waals surface area contributed by atoms with E-state index in [2.05, 4.69) is 0 Å². The molecule has 2 unspecified atom stereocenters. The minimum Gasteiger partial charge on any atom is -0.466 e. The summed E-state index contributed by atoms with van der Waals surface area (Å²) in [7, 11) is 0. The number of rotatable bonds is 6. The number of carbonyl (C=O) groups excluding carboxylic acids is 2. The van der Waals surface area contributed by atoms with Gasteiger partial charge in [-0.1, -0.05) is 17.7 Å².